The molecule has 0 heterocycles. The minimum Gasteiger partial charge on any atom is -0.444 e. The third kappa shape index (κ3) is 8.61. The van der Waals surface area contributed by atoms with Gasteiger partial charge in [-0.15, -0.1) is 0 Å². The Bertz CT molecular complexity index is 558. The van der Waals surface area contributed by atoms with E-state index < -0.39 is 17.7 Å². The smallest absolute Gasteiger partial charge is 0.410 e. The summed E-state index contributed by atoms with van der Waals surface area (Å²) in [5.74, 6) is 1.80. The maximum atomic E-state index is 12.7. The van der Waals surface area contributed by atoms with E-state index in [1.54, 1.807) is 7.05 Å². The van der Waals surface area contributed by atoms with E-state index in [0.29, 0.717) is 13.0 Å². The van der Waals surface area contributed by atoms with Crippen molar-refractivity contribution in [1.82, 2.24) is 10.2 Å². The molecule has 146 valence electrons. The molecule has 0 aliphatic carbocycles. The van der Waals surface area contributed by atoms with Crippen molar-refractivity contribution in [3.63, 3.8) is 0 Å². The van der Waals surface area contributed by atoms with Gasteiger partial charge in [-0.3, -0.25) is 9.69 Å². The summed E-state index contributed by atoms with van der Waals surface area (Å²) in [7, 11) is 1.62. The Balaban J connectivity index is 2.77. The van der Waals surface area contributed by atoms with Crippen molar-refractivity contribution in [3.8, 4) is 0 Å². The maximum Gasteiger partial charge on any atom is 0.410 e. The van der Waals surface area contributed by atoms with Gasteiger partial charge in [-0.05, 0) is 38.5 Å². The molecule has 5 nitrogen and oxygen atoms in total. The third-order valence-electron chi connectivity index (χ3n) is 3.62. The van der Waals surface area contributed by atoms with Crippen LogP contribution < -0.4 is 5.32 Å². The van der Waals surface area contributed by atoms with E-state index in [-0.39, 0.29) is 5.91 Å². The molecule has 0 spiro atoms. The van der Waals surface area contributed by atoms with Crippen LogP contribution in [-0.4, -0.2) is 53.6 Å². The van der Waals surface area contributed by atoms with E-state index >= 15 is 0 Å². The number of hydrogen-bond acceptors (Lipinski definition) is 4. The number of nitrogens with zero attached hydrogens (tertiary/aromatic N) is 1. The Morgan fingerprint density at radius 3 is 2.42 bits per heavy atom. The fraction of sp³-hybridized carbons (Fsp3) is 0.600. The summed E-state index contributed by atoms with van der Waals surface area (Å²) >= 11 is 1.81. The zero-order valence-electron chi connectivity index (χ0n) is 16.6. The van der Waals surface area contributed by atoms with E-state index in [4.69, 9.17) is 4.74 Å². The number of likely N-dealkylation sites (N-methyl/N-ethyl adjacent to an activating group) is 1. The lowest BCUT2D eigenvalue weighted by atomic mass is 10.0. The Morgan fingerprint density at radius 2 is 1.85 bits per heavy atom. The lowest BCUT2D eigenvalue weighted by Crippen LogP contribution is -2.50. The molecule has 1 atom stereocenters. The number of ether oxygens (including phenoxy) is 1. The van der Waals surface area contributed by atoms with Crippen LogP contribution in [0.25, 0.3) is 0 Å². The molecular weight excluding hydrogens is 348 g/mol. The summed E-state index contributed by atoms with van der Waals surface area (Å²) in [5, 5.41) is 2.95. The second-order valence-corrected chi connectivity index (χ2v) is 8.42. The molecule has 1 N–H and O–H groups in total. The molecule has 0 saturated carbocycles. The standard InChI is InChI=1S/C20H32N2O3S/c1-6-13-26-14-12-21-18(23)17(15-16-10-8-7-9-11-16)22(5)19(24)25-20(2,3)4/h7-11,17H,6,12-15H2,1-5H3,(H,21,23)/t17-/m0/s1. The van der Waals surface area contributed by atoms with Crippen LogP contribution in [-0.2, 0) is 16.0 Å². The van der Waals surface area contributed by atoms with E-state index in [0.717, 1.165) is 23.5 Å². The van der Waals surface area contributed by atoms with Crippen LogP contribution in [0.5, 0.6) is 0 Å². The van der Waals surface area contributed by atoms with Crippen molar-refractivity contribution in [2.75, 3.05) is 25.1 Å². The predicted octanol–water partition coefficient (Wildman–Crippen LogP) is 3.72. The van der Waals surface area contributed by atoms with Crippen LogP contribution in [0, 0.1) is 0 Å². The van der Waals surface area contributed by atoms with Gasteiger partial charge in [0.2, 0.25) is 5.91 Å². The molecule has 0 fully saturated rings. The average molecular weight is 381 g/mol. The number of rotatable bonds is 9. The molecule has 26 heavy (non-hydrogen) atoms. The van der Waals surface area contributed by atoms with Gasteiger partial charge in [0.1, 0.15) is 11.6 Å². The van der Waals surface area contributed by atoms with Crippen molar-refractivity contribution in [2.24, 2.45) is 0 Å². The zero-order chi connectivity index (χ0) is 19.6. The summed E-state index contributed by atoms with van der Waals surface area (Å²) in [6.45, 7) is 8.18. The highest BCUT2D eigenvalue weighted by Gasteiger charge is 2.30. The summed E-state index contributed by atoms with van der Waals surface area (Å²) in [4.78, 5) is 26.5. The highest BCUT2D eigenvalue weighted by Crippen LogP contribution is 2.14. The summed E-state index contributed by atoms with van der Waals surface area (Å²) in [5.41, 5.74) is 0.402. The molecule has 0 saturated heterocycles. The van der Waals surface area contributed by atoms with Gasteiger partial charge in [-0.1, -0.05) is 37.3 Å². The number of hydrogen-bond donors (Lipinski definition) is 1. The Morgan fingerprint density at radius 1 is 1.19 bits per heavy atom. The fourth-order valence-electron chi connectivity index (χ4n) is 2.31. The van der Waals surface area contributed by atoms with Crippen LogP contribution in [0.3, 0.4) is 0 Å². The number of nitrogens with one attached hydrogen (secondary N) is 1. The molecule has 0 radical (unpaired) electrons. The molecule has 1 aromatic carbocycles. The van der Waals surface area contributed by atoms with Crippen molar-refractivity contribution < 1.29 is 14.3 Å². The minimum absolute atomic E-state index is 0.153. The average Bonchev–Trinajstić information content (AvgIpc) is 2.58. The van der Waals surface area contributed by atoms with Gasteiger partial charge in [0.05, 0.1) is 0 Å². The highest BCUT2D eigenvalue weighted by molar-refractivity contribution is 7.99. The highest BCUT2D eigenvalue weighted by atomic mass is 32.2. The number of benzene rings is 1. The van der Waals surface area contributed by atoms with E-state index in [9.17, 15) is 9.59 Å². The van der Waals surface area contributed by atoms with Crippen molar-refractivity contribution >= 4 is 23.8 Å². The fourth-order valence-corrected chi connectivity index (χ4v) is 3.05. The first-order valence-electron chi connectivity index (χ1n) is 9.09. The molecule has 0 bridgehead atoms. The quantitative estimate of drug-likeness (QED) is 0.663. The predicted molar refractivity (Wildman–Crippen MR) is 109 cm³/mol. The van der Waals surface area contributed by atoms with Gasteiger partial charge in [0.15, 0.2) is 0 Å². The number of carbonyl (C=O) groups is 2. The number of thioether (sulfide) groups is 1. The summed E-state index contributed by atoms with van der Waals surface area (Å²) in [6, 6.07) is 9.10. The lowest BCUT2D eigenvalue weighted by Gasteiger charge is -2.30. The molecular formula is C20H32N2O3S. The second kappa shape index (κ2) is 11.1. The van der Waals surface area contributed by atoms with Gasteiger partial charge >= 0.3 is 6.09 Å². The maximum absolute atomic E-state index is 12.7. The van der Waals surface area contributed by atoms with Gasteiger partial charge in [-0.2, -0.15) is 11.8 Å². The van der Waals surface area contributed by atoms with Gasteiger partial charge < -0.3 is 10.1 Å². The first kappa shape index (κ1) is 22.4. The van der Waals surface area contributed by atoms with Crippen LogP contribution >= 0.6 is 11.8 Å². The zero-order valence-corrected chi connectivity index (χ0v) is 17.4. The topological polar surface area (TPSA) is 58.6 Å². The van der Waals surface area contributed by atoms with Crippen molar-refractivity contribution in [1.29, 1.82) is 0 Å². The Labute approximate surface area is 161 Å². The van der Waals surface area contributed by atoms with Gasteiger partial charge in [0, 0.05) is 25.8 Å². The largest absolute Gasteiger partial charge is 0.444 e. The molecule has 0 aliphatic heterocycles. The van der Waals surface area contributed by atoms with Crippen LogP contribution in [0.4, 0.5) is 4.79 Å². The van der Waals surface area contributed by atoms with E-state index in [2.05, 4.69) is 12.2 Å². The number of amides is 2. The minimum atomic E-state index is -0.608. The van der Waals surface area contributed by atoms with Gasteiger partial charge in [-0.25, -0.2) is 4.79 Å². The molecule has 0 aliphatic rings. The first-order chi connectivity index (χ1) is 12.2. The summed E-state index contributed by atoms with van der Waals surface area (Å²) in [6.07, 6.45) is 1.08. The monoisotopic (exact) mass is 380 g/mol. The SMILES string of the molecule is CCCSCCNC(=O)[C@H](Cc1ccccc1)N(C)C(=O)OC(C)(C)C. The molecule has 2 amide bonds. The van der Waals surface area contributed by atoms with Crippen LogP contribution in [0.1, 0.15) is 39.7 Å². The number of carbonyl (C=O) groups excluding carboxylic acids is 2. The molecule has 0 aromatic heterocycles. The lowest BCUT2D eigenvalue weighted by molar-refractivity contribution is -0.125. The van der Waals surface area contributed by atoms with Crippen LogP contribution in [0.15, 0.2) is 30.3 Å². The van der Waals surface area contributed by atoms with Crippen LogP contribution in [0.2, 0.25) is 0 Å². The molecule has 1 aromatic rings. The third-order valence-corrected chi connectivity index (χ3v) is 4.81. The normalized spacial score (nSPS) is 12.3. The van der Waals surface area contributed by atoms with Crippen molar-refractivity contribution in [3.05, 3.63) is 35.9 Å². The first-order valence-corrected chi connectivity index (χ1v) is 10.2. The van der Waals surface area contributed by atoms with Crippen molar-refractivity contribution in [2.45, 2.75) is 52.2 Å². The van der Waals surface area contributed by atoms with Gasteiger partial charge in [0.25, 0.3) is 0 Å². The Hall–Kier alpha value is -1.69. The molecule has 6 heteroatoms. The van der Waals surface area contributed by atoms with E-state index in [1.807, 2.05) is 62.9 Å². The Kier molecular flexibility index (Phi) is 9.55. The summed E-state index contributed by atoms with van der Waals surface area (Å²) < 4.78 is 5.43. The molecule has 1 rings (SSSR count). The molecule has 0 unspecified atom stereocenters. The van der Waals surface area contributed by atoms with E-state index in [1.165, 1.54) is 4.90 Å². The second-order valence-electron chi connectivity index (χ2n) is 7.20.